The van der Waals surface area contributed by atoms with E-state index in [0.717, 1.165) is 25.0 Å². The second-order valence-corrected chi connectivity index (χ2v) is 10.9. The Kier molecular flexibility index (Phi) is 7.89. The zero-order valence-corrected chi connectivity index (χ0v) is 23.2. The first-order valence-electron chi connectivity index (χ1n) is 13.4. The number of imidazole rings is 1. The molecular weight excluding hydrogens is 554 g/mol. The lowest BCUT2D eigenvalue weighted by Gasteiger charge is -2.38. The number of hydrogen-bond donors (Lipinski definition) is 0. The number of carbonyl (C=O) groups is 1. The van der Waals surface area contributed by atoms with Gasteiger partial charge in [0.2, 0.25) is 0 Å². The van der Waals surface area contributed by atoms with E-state index in [-0.39, 0.29) is 11.8 Å². The van der Waals surface area contributed by atoms with Gasteiger partial charge in [0.05, 0.1) is 29.0 Å². The Hall–Kier alpha value is -4.48. The van der Waals surface area contributed by atoms with E-state index in [2.05, 4.69) is 15.0 Å². The SMILES string of the molecule is CC(C)(C)OC(=O)N1CCCCC1n1cnc(-c2ccc(F)cc2)c1-c1ccnc(Oc2ccc(C(F)(F)F)cc2)n1. The average Bonchev–Trinajstić information content (AvgIpc) is 3.38. The minimum Gasteiger partial charge on any atom is -0.444 e. The summed E-state index contributed by atoms with van der Waals surface area (Å²) in [4.78, 5) is 28.2. The van der Waals surface area contributed by atoms with E-state index < -0.39 is 35.4 Å². The zero-order chi connectivity index (χ0) is 30.1. The molecule has 220 valence electrons. The highest BCUT2D eigenvalue weighted by Crippen LogP contribution is 2.38. The summed E-state index contributed by atoms with van der Waals surface area (Å²) in [6.45, 7) is 5.89. The quantitative estimate of drug-likeness (QED) is 0.222. The van der Waals surface area contributed by atoms with Crippen molar-refractivity contribution in [2.75, 3.05) is 6.54 Å². The minimum absolute atomic E-state index is 0.0993. The minimum atomic E-state index is -4.48. The number of amides is 1. The Balaban J connectivity index is 1.55. The molecule has 2 aromatic carbocycles. The van der Waals surface area contributed by atoms with E-state index in [1.165, 1.54) is 30.5 Å². The molecule has 0 bridgehead atoms. The van der Waals surface area contributed by atoms with Gasteiger partial charge >= 0.3 is 18.3 Å². The average molecular weight is 584 g/mol. The topological polar surface area (TPSA) is 82.4 Å². The smallest absolute Gasteiger partial charge is 0.416 e. The van der Waals surface area contributed by atoms with Crippen LogP contribution in [0.5, 0.6) is 11.8 Å². The van der Waals surface area contributed by atoms with E-state index in [1.54, 1.807) is 50.2 Å². The molecule has 5 rings (SSSR count). The second-order valence-electron chi connectivity index (χ2n) is 10.9. The van der Waals surface area contributed by atoms with E-state index in [0.29, 0.717) is 35.6 Å². The first-order chi connectivity index (χ1) is 19.9. The van der Waals surface area contributed by atoms with Crippen molar-refractivity contribution < 1.29 is 31.8 Å². The van der Waals surface area contributed by atoms with Crippen molar-refractivity contribution >= 4 is 6.09 Å². The van der Waals surface area contributed by atoms with Gasteiger partial charge in [0, 0.05) is 18.3 Å². The Bertz CT molecular complexity index is 1550. The molecule has 1 unspecified atom stereocenters. The van der Waals surface area contributed by atoms with Gasteiger partial charge in [0.1, 0.15) is 23.3 Å². The van der Waals surface area contributed by atoms with Crippen LogP contribution >= 0.6 is 0 Å². The Labute approximate surface area is 239 Å². The zero-order valence-electron chi connectivity index (χ0n) is 23.2. The maximum absolute atomic E-state index is 13.8. The van der Waals surface area contributed by atoms with Crippen LogP contribution in [-0.4, -0.2) is 42.7 Å². The molecule has 0 saturated carbocycles. The van der Waals surface area contributed by atoms with Gasteiger partial charge in [-0.15, -0.1) is 0 Å². The molecule has 0 spiro atoms. The molecule has 42 heavy (non-hydrogen) atoms. The predicted molar refractivity (Wildman–Crippen MR) is 146 cm³/mol. The fourth-order valence-corrected chi connectivity index (χ4v) is 4.74. The Morgan fingerprint density at radius 3 is 2.33 bits per heavy atom. The monoisotopic (exact) mass is 583 g/mol. The summed E-state index contributed by atoms with van der Waals surface area (Å²) in [5.41, 5.74) is 0.532. The molecule has 8 nitrogen and oxygen atoms in total. The molecule has 1 amide bonds. The van der Waals surface area contributed by atoms with E-state index in [4.69, 9.17) is 9.47 Å². The fourth-order valence-electron chi connectivity index (χ4n) is 4.74. The van der Waals surface area contributed by atoms with Crippen molar-refractivity contribution in [3.63, 3.8) is 0 Å². The van der Waals surface area contributed by atoms with Gasteiger partial charge in [-0.3, -0.25) is 4.90 Å². The van der Waals surface area contributed by atoms with Crippen molar-refractivity contribution in [2.24, 2.45) is 0 Å². The molecule has 1 aliphatic rings. The van der Waals surface area contributed by atoms with Crippen LogP contribution in [0.1, 0.15) is 51.8 Å². The summed E-state index contributed by atoms with van der Waals surface area (Å²) < 4.78 is 65.9. The standard InChI is InChI=1S/C30H29F4N5O3/c1-29(2,3)42-28(40)38-17-5-4-6-24(38)39-18-36-25(19-7-11-21(31)12-8-19)26(39)23-15-16-35-27(37-23)41-22-13-9-20(10-14-22)30(32,33)34/h7-16,18,24H,4-6,17H2,1-3H3. The van der Waals surface area contributed by atoms with Crippen molar-refractivity contribution in [1.29, 1.82) is 0 Å². The van der Waals surface area contributed by atoms with Crippen LogP contribution in [0.15, 0.2) is 67.1 Å². The van der Waals surface area contributed by atoms with E-state index in [9.17, 15) is 22.4 Å². The normalized spacial score (nSPS) is 15.9. The molecule has 2 aromatic heterocycles. The molecule has 1 atom stereocenters. The van der Waals surface area contributed by atoms with Gasteiger partial charge in [-0.1, -0.05) is 0 Å². The highest BCUT2D eigenvalue weighted by Gasteiger charge is 2.34. The number of alkyl halides is 3. The Morgan fingerprint density at radius 1 is 0.952 bits per heavy atom. The second kappa shape index (κ2) is 11.4. The van der Waals surface area contributed by atoms with Gasteiger partial charge in [0.15, 0.2) is 0 Å². The third-order valence-corrected chi connectivity index (χ3v) is 6.60. The molecule has 0 N–H and O–H groups in total. The van der Waals surface area contributed by atoms with E-state index in [1.807, 2.05) is 4.57 Å². The summed E-state index contributed by atoms with van der Waals surface area (Å²) in [5, 5.41) is 0. The molecule has 12 heteroatoms. The van der Waals surface area contributed by atoms with Crippen molar-refractivity contribution in [3.05, 3.63) is 78.5 Å². The van der Waals surface area contributed by atoms with Crippen LogP contribution in [-0.2, 0) is 10.9 Å². The fraction of sp³-hybridized carbons (Fsp3) is 0.333. The van der Waals surface area contributed by atoms with Crippen molar-refractivity contribution in [2.45, 2.75) is 58.0 Å². The van der Waals surface area contributed by atoms with Crippen LogP contribution in [0.2, 0.25) is 0 Å². The number of carbonyl (C=O) groups excluding carboxylic acids is 1. The highest BCUT2D eigenvalue weighted by atomic mass is 19.4. The first kappa shape index (κ1) is 29.0. The molecule has 4 aromatic rings. The number of rotatable bonds is 5. The van der Waals surface area contributed by atoms with Crippen LogP contribution in [0.25, 0.3) is 22.6 Å². The molecule has 0 aliphatic carbocycles. The molecule has 1 saturated heterocycles. The van der Waals surface area contributed by atoms with Crippen LogP contribution in [0.4, 0.5) is 22.4 Å². The number of aromatic nitrogens is 4. The van der Waals surface area contributed by atoms with Crippen molar-refractivity contribution in [3.8, 4) is 34.4 Å². The lowest BCUT2D eigenvalue weighted by atomic mass is 10.1. The maximum atomic E-state index is 13.8. The van der Waals surface area contributed by atoms with Crippen molar-refractivity contribution in [1.82, 2.24) is 24.4 Å². The molecule has 1 aliphatic heterocycles. The number of halogens is 4. The summed E-state index contributed by atoms with van der Waals surface area (Å²) in [6, 6.07) is 11.6. The molecule has 1 fully saturated rings. The first-order valence-corrected chi connectivity index (χ1v) is 13.4. The largest absolute Gasteiger partial charge is 0.444 e. The van der Waals surface area contributed by atoms with Crippen LogP contribution in [0.3, 0.4) is 0 Å². The number of benzene rings is 2. The maximum Gasteiger partial charge on any atom is 0.416 e. The number of ether oxygens (including phenoxy) is 2. The van der Waals surface area contributed by atoms with Gasteiger partial charge < -0.3 is 14.0 Å². The summed E-state index contributed by atoms with van der Waals surface area (Å²) in [6.07, 6.45) is -0.00594. The number of hydrogen-bond acceptors (Lipinski definition) is 6. The van der Waals surface area contributed by atoms with Gasteiger partial charge in [0.25, 0.3) is 0 Å². The predicted octanol–water partition coefficient (Wildman–Crippen LogP) is 7.88. The van der Waals surface area contributed by atoms with Crippen LogP contribution in [0, 0.1) is 5.82 Å². The van der Waals surface area contributed by atoms with Gasteiger partial charge in [-0.25, -0.2) is 19.2 Å². The summed E-state index contributed by atoms with van der Waals surface area (Å²) >= 11 is 0. The highest BCUT2D eigenvalue weighted by molar-refractivity contribution is 5.77. The summed E-state index contributed by atoms with van der Waals surface area (Å²) in [5.74, 6) is -0.284. The third-order valence-electron chi connectivity index (χ3n) is 6.60. The summed E-state index contributed by atoms with van der Waals surface area (Å²) in [7, 11) is 0. The number of piperidine rings is 1. The van der Waals surface area contributed by atoms with Gasteiger partial charge in [-0.2, -0.15) is 18.2 Å². The number of likely N-dealkylation sites (tertiary alicyclic amines) is 1. The lowest BCUT2D eigenvalue weighted by molar-refractivity contribution is -0.137. The molecular formula is C30H29F4N5O3. The molecule has 0 radical (unpaired) electrons. The van der Waals surface area contributed by atoms with Gasteiger partial charge in [-0.05, 0) is 94.6 Å². The van der Waals surface area contributed by atoms with Crippen LogP contribution < -0.4 is 4.74 Å². The number of nitrogens with zero attached hydrogens (tertiary/aromatic N) is 5. The third kappa shape index (κ3) is 6.53. The van der Waals surface area contributed by atoms with E-state index >= 15 is 0 Å². The Morgan fingerprint density at radius 2 is 1.67 bits per heavy atom. The molecule has 3 heterocycles. The lowest BCUT2D eigenvalue weighted by Crippen LogP contribution is -2.44.